The van der Waals surface area contributed by atoms with Crippen molar-refractivity contribution in [1.82, 2.24) is 9.88 Å². The molecule has 3 aromatic carbocycles. The minimum absolute atomic E-state index is 0.0490. The number of hydrogen-bond donors (Lipinski definition) is 1. The summed E-state index contributed by atoms with van der Waals surface area (Å²) in [4.78, 5) is 29.1. The third-order valence-corrected chi connectivity index (χ3v) is 7.98. The highest BCUT2D eigenvalue weighted by atomic mass is 35.5. The van der Waals surface area contributed by atoms with Crippen LogP contribution in [0.5, 0.6) is 0 Å². The molecule has 5 rings (SSSR count). The molecule has 1 N–H and O–H groups in total. The van der Waals surface area contributed by atoms with E-state index in [1.54, 1.807) is 17.8 Å². The molecular formula is C29H24ClN3O2S2. The van der Waals surface area contributed by atoms with Gasteiger partial charge in [0.1, 0.15) is 5.57 Å². The Morgan fingerprint density at radius 3 is 2.54 bits per heavy atom. The van der Waals surface area contributed by atoms with Gasteiger partial charge in [0.25, 0.3) is 11.8 Å². The number of carbonyl (C=O) groups is 2. The lowest BCUT2D eigenvalue weighted by atomic mass is 10.0. The number of fused-ring (bicyclic) bond motifs is 1. The Morgan fingerprint density at radius 2 is 1.76 bits per heavy atom. The van der Waals surface area contributed by atoms with Crippen molar-refractivity contribution in [2.24, 2.45) is 0 Å². The largest absolute Gasteiger partial charge is 0.346 e. The molecule has 2 heterocycles. The molecule has 4 aromatic rings. The first-order valence-electron chi connectivity index (χ1n) is 11.8. The van der Waals surface area contributed by atoms with Crippen LogP contribution in [0, 0.1) is 13.8 Å². The fourth-order valence-corrected chi connectivity index (χ4v) is 5.63. The minimum atomic E-state index is -0.494. The number of benzene rings is 3. The number of thioether (sulfide) groups is 1. The van der Waals surface area contributed by atoms with Crippen LogP contribution in [0.25, 0.3) is 17.0 Å². The van der Waals surface area contributed by atoms with Gasteiger partial charge >= 0.3 is 0 Å². The van der Waals surface area contributed by atoms with E-state index < -0.39 is 11.8 Å². The second-order valence-corrected chi connectivity index (χ2v) is 10.8. The van der Waals surface area contributed by atoms with Gasteiger partial charge in [-0.15, -0.1) is 11.8 Å². The van der Waals surface area contributed by atoms with Gasteiger partial charge in [-0.3, -0.25) is 19.8 Å². The third kappa shape index (κ3) is 5.07. The average Bonchev–Trinajstić information content (AvgIpc) is 3.23. The molecule has 37 heavy (non-hydrogen) atoms. The standard InChI is InChI=1S/C29H24ClN3O2S2/c1-18-6-5-9-25(19(18)2)33-28(35)24(27(34)31-29(33)36)16-20-17-32(26-8-4-3-7-23(20)26)14-15-37-22-12-10-21(30)11-13-22/h3-13,16-17H,14-15H2,1-2H3,(H,31,34,36)/b24-16+. The molecule has 0 atom stereocenters. The summed E-state index contributed by atoms with van der Waals surface area (Å²) in [6, 6.07) is 21.5. The van der Waals surface area contributed by atoms with E-state index in [4.69, 9.17) is 23.8 Å². The topological polar surface area (TPSA) is 54.3 Å². The number of anilines is 1. The third-order valence-electron chi connectivity index (χ3n) is 6.45. The maximum Gasteiger partial charge on any atom is 0.270 e. The normalized spacial score (nSPS) is 15.1. The van der Waals surface area contributed by atoms with E-state index in [0.29, 0.717) is 5.69 Å². The van der Waals surface area contributed by atoms with Crippen LogP contribution in [-0.4, -0.2) is 27.2 Å². The Hall–Kier alpha value is -3.39. The van der Waals surface area contributed by atoms with Crippen molar-refractivity contribution in [2.45, 2.75) is 25.3 Å². The summed E-state index contributed by atoms with van der Waals surface area (Å²) in [5.74, 6) is -0.0750. The fourth-order valence-electron chi connectivity index (χ4n) is 4.38. The predicted octanol–water partition coefficient (Wildman–Crippen LogP) is 6.54. The van der Waals surface area contributed by atoms with Crippen molar-refractivity contribution in [3.05, 3.63) is 100 Å². The number of aromatic nitrogens is 1. The minimum Gasteiger partial charge on any atom is -0.346 e. The Balaban J connectivity index is 1.46. The summed E-state index contributed by atoms with van der Waals surface area (Å²) in [5, 5.41) is 4.47. The molecule has 5 nitrogen and oxygen atoms in total. The maximum atomic E-state index is 13.6. The van der Waals surface area contributed by atoms with E-state index in [1.807, 2.05) is 86.8 Å². The number of hydrogen-bond acceptors (Lipinski definition) is 4. The Kier molecular flexibility index (Phi) is 7.20. The van der Waals surface area contributed by atoms with Crippen molar-refractivity contribution in [3.63, 3.8) is 0 Å². The molecule has 1 aromatic heterocycles. The Labute approximate surface area is 230 Å². The molecule has 8 heteroatoms. The summed E-state index contributed by atoms with van der Waals surface area (Å²) in [6.07, 6.45) is 3.67. The molecular weight excluding hydrogens is 522 g/mol. The zero-order valence-electron chi connectivity index (χ0n) is 20.3. The van der Waals surface area contributed by atoms with Crippen LogP contribution in [0.1, 0.15) is 16.7 Å². The SMILES string of the molecule is Cc1cccc(N2C(=O)/C(=C/c3cn(CCSc4ccc(Cl)cc4)c4ccccc34)C(=O)NC2=S)c1C. The van der Waals surface area contributed by atoms with E-state index in [0.717, 1.165) is 49.8 Å². The number of thiocarbonyl (C=S) groups is 1. The van der Waals surface area contributed by atoms with Crippen molar-refractivity contribution >= 4 is 75.2 Å². The zero-order valence-corrected chi connectivity index (χ0v) is 22.7. The van der Waals surface area contributed by atoms with Crippen molar-refractivity contribution in [2.75, 3.05) is 10.7 Å². The second-order valence-electron chi connectivity index (χ2n) is 8.77. The second kappa shape index (κ2) is 10.5. The molecule has 186 valence electrons. The van der Waals surface area contributed by atoms with Gasteiger partial charge in [0.05, 0.1) is 5.69 Å². The van der Waals surface area contributed by atoms with Crippen LogP contribution in [0.4, 0.5) is 5.69 Å². The lowest BCUT2D eigenvalue weighted by Crippen LogP contribution is -2.54. The quantitative estimate of drug-likeness (QED) is 0.129. The van der Waals surface area contributed by atoms with E-state index in [-0.39, 0.29) is 10.7 Å². The molecule has 1 saturated heterocycles. The first-order valence-corrected chi connectivity index (χ1v) is 13.5. The molecule has 1 aliphatic heterocycles. The highest BCUT2D eigenvalue weighted by molar-refractivity contribution is 7.99. The number of halogens is 1. The highest BCUT2D eigenvalue weighted by Crippen LogP contribution is 2.29. The summed E-state index contributed by atoms with van der Waals surface area (Å²) in [5.41, 5.74) is 4.53. The average molecular weight is 546 g/mol. The molecule has 0 bridgehead atoms. The number of nitrogens with zero attached hydrogens (tertiary/aromatic N) is 2. The van der Waals surface area contributed by atoms with E-state index in [2.05, 4.69) is 9.88 Å². The van der Waals surface area contributed by atoms with Gasteiger partial charge in [-0.05, 0) is 79.7 Å². The van der Waals surface area contributed by atoms with Gasteiger partial charge in [0, 0.05) is 44.9 Å². The molecule has 1 fully saturated rings. The lowest BCUT2D eigenvalue weighted by Gasteiger charge is -2.30. The van der Waals surface area contributed by atoms with E-state index in [9.17, 15) is 9.59 Å². The first kappa shape index (κ1) is 25.3. The van der Waals surface area contributed by atoms with Crippen LogP contribution in [0.15, 0.2) is 83.4 Å². The summed E-state index contributed by atoms with van der Waals surface area (Å²) in [7, 11) is 0. The number of para-hydroxylation sites is 1. The van der Waals surface area contributed by atoms with Crippen LogP contribution in [0.3, 0.4) is 0 Å². The lowest BCUT2D eigenvalue weighted by molar-refractivity contribution is -0.122. The van der Waals surface area contributed by atoms with Gasteiger partial charge in [0.2, 0.25) is 0 Å². The number of aryl methyl sites for hydroxylation is 2. The summed E-state index contributed by atoms with van der Waals surface area (Å²) >= 11 is 13.1. The van der Waals surface area contributed by atoms with Crippen LogP contribution in [0.2, 0.25) is 5.02 Å². The number of carbonyl (C=O) groups excluding carboxylic acids is 2. The van der Waals surface area contributed by atoms with Crippen molar-refractivity contribution < 1.29 is 9.59 Å². The number of nitrogens with one attached hydrogen (secondary N) is 1. The van der Waals surface area contributed by atoms with Gasteiger partial charge < -0.3 is 4.57 Å². The first-order chi connectivity index (χ1) is 17.8. The van der Waals surface area contributed by atoms with Crippen LogP contribution < -0.4 is 10.2 Å². The van der Waals surface area contributed by atoms with Gasteiger partial charge in [-0.25, -0.2) is 0 Å². The van der Waals surface area contributed by atoms with Gasteiger partial charge in [-0.2, -0.15) is 0 Å². The Morgan fingerprint density at radius 1 is 1.00 bits per heavy atom. The monoisotopic (exact) mass is 545 g/mol. The van der Waals surface area contributed by atoms with Gasteiger partial charge in [-0.1, -0.05) is 41.9 Å². The predicted molar refractivity (Wildman–Crippen MR) is 156 cm³/mol. The van der Waals surface area contributed by atoms with Gasteiger partial charge in [0.15, 0.2) is 5.11 Å². The Bertz CT molecular complexity index is 1570. The highest BCUT2D eigenvalue weighted by Gasteiger charge is 2.35. The molecule has 0 saturated carbocycles. The molecule has 0 aliphatic carbocycles. The van der Waals surface area contributed by atoms with Crippen molar-refractivity contribution in [1.29, 1.82) is 0 Å². The fraction of sp³-hybridized carbons (Fsp3) is 0.138. The zero-order chi connectivity index (χ0) is 26.1. The summed E-state index contributed by atoms with van der Waals surface area (Å²) in [6.45, 7) is 4.68. The van der Waals surface area contributed by atoms with E-state index in [1.165, 1.54) is 4.90 Å². The molecule has 0 radical (unpaired) electrons. The van der Waals surface area contributed by atoms with Crippen LogP contribution in [-0.2, 0) is 16.1 Å². The maximum absolute atomic E-state index is 13.6. The van der Waals surface area contributed by atoms with Crippen LogP contribution >= 0.6 is 35.6 Å². The van der Waals surface area contributed by atoms with E-state index >= 15 is 0 Å². The molecule has 2 amide bonds. The molecule has 1 aliphatic rings. The smallest absolute Gasteiger partial charge is 0.270 e. The summed E-state index contributed by atoms with van der Waals surface area (Å²) < 4.78 is 2.16. The molecule has 0 spiro atoms. The molecule has 0 unspecified atom stereocenters. The number of amides is 2. The van der Waals surface area contributed by atoms with Crippen molar-refractivity contribution in [3.8, 4) is 0 Å². The number of rotatable bonds is 6.